The fourth-order valence-electron chi connectivity index (χ4n) is 1.04. The molecule has 1 aromatic rings. The van der Waals surface area contributed by atoms with E-state index in [1.807, 2.05) is 0 Å². The predicted molar refractivity (Wildman–Crippen MR) is 52.6 cm³/mol. The van der Waals surface area contributed by atoms with Gasteiger partial charge in [-0.25, -0.2) is 11.0 Å². The third-order valence-electron chi connectivity index (χ3n) is 1.73. The van der Waals surface area contributed by atoms with E-state index < -0.39 is 0 Å². The molecule has 74 valence electrons. The first-order chi connectivity index (χ1) is 6.83. The Kier molecular flexibility index (Phi) is 4.49. The highest BCUT2D eigenvalue weighted by atomic mass is 19.1. The molecule has 0 radical (unpaired) electrons. The van der Waals surface area contributed by atoms with E-state index in [1.54, 1.807) is 12.1 Å². The van der Waals surface area contributed by atoms with Crippen LogP contribution in [0, 0.1) is 12.4 Å². The van der Waals surface area contributed by atoms with Crippen molar-refractivity contribution >= 4 is 0 Å². The lowest BCUT2D eigenvalue weighted by Crippen LogP contribution is -1.97. The Morgan fingerprint density at radius 3 is 2.93 bits per heavy atom. The molecule has 0 heterocycles. The Morgan fingerprint density at radius 2 is 2.21 bits per heavy atom. The van der Waals surface area contributed by atoms with Gasteiger partial charge in [0.2, 0.25) is 6.54 Å². The lowest BCUT2D eigenvalue weighted by molar-refractivity contribution is 0.307. The van der Waals surface area contributed by atoms with Crippen molar-refractivity contribution in [2.24, 2.45) is 0 Å². The number of benzene rings is 1. The van der Waals surface area contributed by atoms with Gasteiger partial charge in [-0.2, -0.15) is 0 Å². The Balaban J connectivity index is 2.22. The van der Waals surface area contributed by atoms with Gasteiger partial charge in [-0.05, 0) is 18.6 Å². The van der Waals surface area contributed by atoms with E-state index in [9.17, 15) is 4.39 Å². The van der Waals surface area contributed by atoms with Crippen LogP contribution >= 0.6 is 0 Å². The maximum Gasteiger partial charge on any atom is 0.214 e. The number of hydrogen-bond acceptors (Lipinski definition) is 1. The molecule has 0 spiro atoms. The van der Waals surface area contributed by atoms with Gasteiger partial charge >= 0.3 is 0 Å². The number of rotatable bonds is 5. The van der Waals surface area contributed by atoms with Crippen molar-refractivity contribution in [1.29, 1.82) is 0 Å². The molecule has 0 aliphatic rings. The number of unbranched alkanes of at least 4 members (excludes halogenated alkanes) is 1. The van der Waals surface area contributed by atoms with Crippen molar-refractivity contribution in [3.8, 4) is 5.75 Å². The van der Waals surface area contributed by atoms with E-state index in [0.29, 0.717) is 18.9 Å². The second kappa shape index (κ2) is 5.98. The Bertz CT molecular complexity index is 319. The first-order valence-electron chi connectivity index (χ1n) is 4.54. The van der Waals surface area contributed by atoms with Crippen molar-refractivity contribution in [1.82, 2.24) is 0 Å². The van der Waals surface area contributed by atoms with Gasteiger partial charge in [0.1, 0.15) is 11.6 Å². The standard InChI is InChI=1S/C11H12FNO/c1-13-7-2-3-8-14-11-6-4-5-10(12)9-11/h4-6,9H,2-3,7-8H2. The van der Waals surface area contributed by atoms with Gasteiger partial charge in [-0.1, -0.05) is 6.07 Å². The van der Waals surface area contributed by atoms with Crippen LogP contribution in [0.25, 0.3) is 4.85 Å². The number of halogens is 1. The topological polar surface area (TPSA) is 13.6 Å². The van der Waals surface area contributed by atoms with Gasteiger partial charge in [0.05, 0.1) is 6.61 Å². The lowest BCUT2D eigenvalue weighted by Gasteiger charge is -2.04. The van der Waals surface area contributed by atoms with Gasteiger partial charge in [-0.3, -0.25) is 0 Å². The van der Waals surface area contributed by atoms with Crippen LogP contribution in [0.4, 0.5) is 4.39 Å². The SMILES string of the molecule is [C-]#[N+]CCCCOc1cccc(F)c1. The van der Waals surface area contributed by atoms with Crippen molar-refractivity contribution in [3.63, 3.8) is 0 Å². The van der Waals surface area contributed by atoms with Crippen LogP contribution in [0.5, 0.6) is 5.75 Å². The summed E-state index contributed by atoms with van der Waals surface area (Å²) in [5, 5.41) is 0. The first-order valence-corrected chi connectivity index (χ1v) is 4.54. The van der Waals surface area contributed by atoms with E-state index in [2.05, 4.69) is 4.85 Å². The van der Waals surface area contributed by atoms with Gasteiger partial charge in [0, 0.05) is 12.5 Å². The van der Waals surface area contributed by atoms with E-state index in [0.717, 1.165) is 12.8 Å². The van der Waals surface area contributed by atoms with Crippen LogP contribution in [-0.4, -0.2) is 13.2 Å². The van der Waals surface area contributed by atoms with E-state index in [1.165, 1.54) is 12.1 Å². The lowest BCUT2D eigenvalue weighted by atomic mass is 10.3. The van der Waals surface area contributed by atoms with E-state index >= 15 is 0 Å². The first kappa shape index (κ1) is 10.5. The quantitative estimate of drug-likeness (QED) is 0.518. The molecule has 0 saturated heterocycles. The number of hydrogen-bond donors (Lipinski definition) is 0. The molecule has 0 N–H and O–H groups in total. The zero-order valence-electron chi connectivity index (χ0n) is 7.87. The van der Waals surface area contributed by atoms with Crippen LogP contribution in [0.15, 0.2) is 24.3 Å². The number of ether oxygens (including phenoxy) is 1. The molecule has 0 aliphatic carbocycles. The maximum atomic E-state index is 12.7. The molecule has 0 fully saturated rings. The van der Waals surface area contributed by atoms with Gasteiger partial charge in [0.25, 0.3) is 0 Å². The fraction of sp³-hybridized carbons (Fsp3) is 0.364. The maximum absolute atomic E-state index is 12.7. The van der Waals surface area contributed by atoms with Gasteiger partial charge < -0.3 is 9.58 Å². The minimum atomic E-state index is -0.288. The molecule has 0 saturated carbocycles. The average Bonchev–Trinajstić information content (AvgIpc) is 2.18. The fourth-order valence-corrected chi connectivity index (χ4v) is 1.04. The van der Waals surface area contributed by atoms with Gasteiger partial charge in [0.15, 0.2) is 0 Å². The molecule has 1 aromatic carbocycles. The summed E-state index contributed by atoms with van der Waals surface area (Å²) in [6.45, 7) is 7.64. The molecule has 14 heavy (non-hydrogen) atoms. The second-order valence-corrected chi connectivity index (χ2v) is 2.89. The summed E-state index contributed by atoms with van der Waals surface area (Å²) < 4.78 is 18.0. The summed E-state index contributed by atoms with van der Waals surface area (Å²) >= 11 is 0. The van der Waals surface area contributed by atoms with Crippen molar-refractivity contribution in [2.75, 3.05) is 13.2 Å². The van der Waals surface area contributed by atoms with Crippen LogP contribution in [-0.2, 0) is 0 Å². The van der Waals surface area contributed by atoms with Crippen LogP contribution in [0.2, 0.25) is 0 Å². The average molecular weight is 193 g/mol. The predicted octanol–water partition coefficient (Wildman–Crippen LogP) is 2.90. The summed E-state index contributed by atoms with van der Waals surface area (Å²) in [5.74, 6) is 0.261. The van der Waals surface area contributed by atoms with Crippen LogP contribution in [0.1, 0.15) is 12.8 Å². The smallest absolute Gasteiger partial charge is 0.214 e. The molecule has 0 amide bonds. The normalized spacial score (nSPS) is 9.43. The molecule has 0 bridgehead atoms. The van der Waals surface area contributed by atoms with Gasteiger partial charge in [-0.15, -0.1) is 0 Å². The van der Waals surface area contributed by atoms with Crippen molar-refractivity contribution in [2.45, 2.75) is 12.8 Å². The Labute approximate surface area is 83.1 Å². The Hall–Kier alpha value is -1.56. The largest absolute Gasteiger partial charge is 0.493 e. The van der Waals surface area contributed by atoms with Crippen molar-refractivity contribution in [3.05, 3.63) is 41.5 Å². The Morgan fingerprint density at radius 1 is 1.36 bits per heavy atom. The summed E-state index contributed by atoms with van der Waals surface area (Å²) in [6, 6.07) is 6.07. The summed E-state index contributed by atoms with van der Waals surface area (Å²) in [6.07, 6.45) is 1.66. The highest BCUT2D eigenvalue weighted by Gasteiger charge is 1.96. The molecule has 0 aromatic heterocycles. The van der Waals surface area contributed by atoms with Crippen LogP contribution < -0.4 is 4.74 Å². The molecular formula is C11H12FNO. The van der Waals surface area contributed by atoms with Crippen molar-refractivity contribution < 1.29 is 9.13 Å². The highest BCUT2D eigenvalue weighted by molar-refractivity contribution is 5.22. The molecule has 0 aliphatic heterocycles. The van der Waals surface area contributed by atoms with Crippen LogP contribution in [0.3, 0.4) is 0 Å². The summed E-state index contributed by atoms with van der Waals surface area (Å²) in [4.78, 5) is 3.23. The zero-order chi connectivity index (χ0) is 10.2. The summed E-state index contributed by atoms with van der Waals surface area (Å²) in [5.41, 5.74) is 0. The minimum Gasteiger partial charge on any atom is -0.493 e. The highest BCUT2D eigenvalue weighted by Crippen LogP contribution is 2.12. The molecular weight excluding hydrogens is 181 g/mol. The second-order valence-electron chi connectivity index (χ2n) is 2.89. The number of nitrogens with zero attached hydrogens (tertiary/aromatic N) is 1. The zero-order valence-corrected chi connectivity index (χ0v) is 7.87. The summed E-state index contributed by atoms with van der Waals surface area (Å²) in [7, 11) is 0. The molecule has 0 unspecified atom stereocenters. The molecule has 2 nitrogen and oxygen atoms in total. The monoisotopic (exact) mass is 193 g/mol. The van der Waals surface area contributed by atoms with E-state index in [-0.39, 0.29) is 5.82 Å². The minimum absolute atomic E-state index is 0.288. The molecule has 3 heteroatoms. The van der Waals surface area contributed by atoms with E-state index in [4.69, 9.17) is 11.3 Å². The third-order valence-corrected chi connectivity index (χ3v) is 1.73. The third kappa shape index (κ3) is 3.90. The molecule has 1 rings (SSSR count). The molecule has 0 atom stereocenters.